The van der Waals surface area contributed by atoms with Crippen molar-refractivity contribution in [1.82, 2.24) is 5.32 Å². The first-order valence-corrected chi connectivity index (χ1v) is 6.12. The predicted octanol–water partition coefficient (Wildman–Crippen LogP) is 3.27. The van der Waals surface area contributed by atoms with E-state index in [1.54, 1.807) is 13.0 Å². The summed E-state index contributed by atoms with van der Waals surface area (Å²) in [6.45, 7) is 5.90. The maximum atomic E-state index is 13.3. The molecule has 1 aromatic rings. The molecule has 0 heterocycles. The van der Waals surface area contributed by atoms with Gasteiger partial charge in [0.15, 0.2) is 0 Å². The van der Waals surface area contributed by atoms with Crippen molar-refractivity contribution in [3.63, 3.8) is 0 Å². The van der Waals surface area contributed by atoms with Gasteiger partial charge in [-0.1, -0.05) is 19.1 Å². The molecule has 1 aliphatic carbocycles. The van der Waals surface area contributed by atoms with Crippen LogP contribution in [0.2, 0.25) is 0 Å². The first kappa shape index (κ1) is 11.6. The minimum Gasteiger partial charge on any atom is -0.312 e. The number of benzene rings is 1. The fourth-order valence-corrected chi connectivity index (χ4v) is 2.02. The van der Waals surface area contributed by atoms with Gasteiger partial charge in [0.2, 0.25) is 0 Å². The van der Waals surface area contributed by atoms with E-state index in [4.69, 9.17) is 0 Å². The van der Waals surface area contributed by atoms with E-state index in [1.165, 1.54) is 12.8 Å². The molecule has 16 heavy (non-hydrogen) atoms. The van der Waals surface area contributed by atoms with Crippen LogP contribution in [0.15, 0.2) is 18.2 Å². The number of hydrogen-bond acceptors (Lipinski definition) is 1. The molecule has 1 aromatic carbocycles. The lowest BCUT2D eigenvalue weighted by Crippen LogP contribution is -2.21. The number of hydrogen-bond donors (Lipinski definition) is 1. The van der Waals surface area contributed by atoms with Crippen LogP contribution >= 0.6 is 0 Å². The Kier molecular flexibility index (Phi) is 3.59. The molecule has 1 fully saturated rings. The lowest BCUT2D eigenvalue weighted by atomic mass is 10.1. The Balaban J connectivity index is 1.78. The van der Waals surface area contributed by atoms with E-state index in [1.807, 2.05) is 12.1 Å². The minimum atomic E-state index is -0.102. The quantitative estimate of drug-likeness (QED) is 0.804. The van der Waals surface area contributed by atoms with Crippen LogP contribution in [0.25, 0.3) is 0 Å². The summed E-state index contributed by atoms with van der Waals surface area (Å²) < 4.78 is 13.3. The Morgan fingerprint density at radius 3 is 2.81 bits per heavy atom. The summed E-state index contributed by atoms with van der Waals surface area (Å²) in [5, 5.41) is 3.40. The van der Waals surface area contributed by atoms with Crippen LogP contribution in [0, 0.1) is 24.6 Å². The Morgan fingerprint density at radius 1 is 1.44 bits per heavy atom. The summed E-state index contributed by atoms with van der Waals surface area (Å²) in [6, 6.07) is 5.47. The van der Waals surface area contributed by atoms with Gasteiger partial charge < -0.3 is 5.32 Å². The number of aryl methyl sites for hydroxylation is 1. The van der Waals surface area contributed by atoms with Crippen LogP contribution in [0.5, 0.6) is 0 Å². The van der Waals surface area contributed by atoms with Crippen LogP contribution in [0.4, 0.5) is 4.39 Å². The first-order chi connectivity index (χ1) is 7.66. The molecule has 0 aromatic heterocycles. The second kappa shape index (κ2) is 4.96. The minimum absolute atomic E-state index is 0.102. The average Bonchev–Trinajstić information content (AvgIpc) is 3.07. The smallest absolute Gasteiger partial charge is 0.126 e. The zero-order valence-electron chi connectivity index (χ0n) is 10.1. The van der Waals surface area contributed by atoms with Gasteiger partial charge in [-0.05, 0) is 55.3 Å². The zero-order chi connectivity index (χ0) is 11.5. The standard InChI is InChI=1S/C14H20FN/c1-10-3-4-12(7-14(10)15)9-16-8-11(2)13-5-6-13/h3-4,7,11,13,16H,5-6,8-9H2,1-2H3. The summed E-state index contributed by atoms with van der Waals surface area (Å²) in [5.41, 5.74) is 1.75. The summed E-state index contributed by atoms with van der Waals surface area (Å²) in [6.07, 6.45) is 2.78. The van der Waals surface area contributed by atoms with E-state index in [-0.39, 0.29) is 5.82 Å². The highest BCUT2D eigenvalue weighted by molar-refractivity contribution is 5.23. The number of rotatable bonds is 5. The molecule has 0 saturated heterocycles. The number of halogens is 1. The van der Waals surface area contributed by atoms with E-state index in [0.717, 1.165) is 36.1 Å². The van der Waals surface area contributed by atoms with E-state index < -0.39 is 0 Å². The zero-order valence-corrected chi connectivity index (χ0v) is 10.1. The van der Waals surface area contributed by atoms with Crippen LogP contribution < -0.4 is 5.32 Å². The van der Waals surface area contributed by atoms with Crippen LogP contribution in [0.3, 0.4) is 0 Å². The molecule has 2 heteroatoms. The third kappa shape index (κ3) is 3.05. The normalized spacial score (nSPS) is 17.4. The van der Waals surface area contributed by atoms with Crippen molar-refractivity contribution in [2.75, 3.05) is 6.54 Å². The third-order valence-electron chi connectivity index (χ3n) is 3.46. The van der Waals surface area contributed by atoms with Crippen molar-refractivity contribution in [3.8, 4) is 0 Å². The van der Waals surface area contributed by atoms with E-state index >= 15 is 0 Å². The highest BCUT2D eigenvalue weighted by atomic mass is 19.1. The molecule has 1 aliphatic rings. The molecule has 0 spiro atoms. The van der Waals surface area contributed by atoms with Gasteiger partial charge in [0.25, 0.3) is 0 Å². The van der Waals surface area contributed by atoms with E-state index in [9.17, 15) is 4.39 Å². The van der Waals surface area contributed by atoms with Gasteiger partial charge in [-0.2, -0.15) is 0 Å². The average molecular weight is 221 g/mol. The summed E-state index contributed by atoms with van der Waals surface area (Å²) in [7, 11) is 0. The van der Waals surface area contributed by atoms with Crippen molar-refractivity contribution in [2.45, 2.75) is 33.2 Å². The second-order valence-electron chi connectivity index (χ2n) is 5.03. The SMILES string of the molecule is Cc1ccc(CNCC(C)C2CC2)cc1F. The Labute approximate surface area is 97.1 Å². The van der Waals surface area contributed by atoms with Crippen molar-refractivity contribution in [2.24, 2.45) is 11.8 Å². The predicted molar refractivity (Wildman–Crippen MR) is 64.7 cm³/mol. The Bertz CT molecular complexity index is 358. The molecule has 1 saturated carbocycles. The first-order valence-electron chi connectivity index (χ1n) is 6.12. The third-order valence-corrected chi connectivity index (χ3v) is 3.46. The van der Waals surface area contributed by atoms with Gasteiger partial charge in [-0.3, -0.25) is 0 Å². The molecule has 1 nitrogen and oxygen atoms in total. The molecule has 1 unspecified atom stereocenters. The Hall–Kier alpha value is -0.890. The summed E-state index contributed by atoms with van der Waals surface area (Å²) in [4.78, 5) is 0. The van der Waals surface area contributed by atoms with Gasteiger partial charge in [0.1, 0.15) is 5.82 Å². The highest BCUT2D eigenvalue weighted by Crippen LogP contribution is 2.36. The molecule has 2 rings (SSSR count). The molecule has 0 aliphatic heterocycles. The monoisotopic (exact) mass is 221 g/mol. The molecule has 0 amide bonds. The van der Waals surface area contributed by atoms with Gasteiger partial charge >= 0.3 is 0 Å². The van der Waals surface area contributed by atoms with Crippen molar-refractivity contribution in [3.05, 3.63) is 35.1 Å². The highest BCUT2D eigenvalue weighted by Gasteiger charge is 2.27. The molecule has 88 valence electrons. The number of nitrogens with one attached hydrogen (secondary N) is 1. The summed E-state index contributed by atoms with van der Waals surface area (Å²) >= 11 is 0. The summed E-state index contributed by atoms with van der Waals surface area (Å²) in [5.74, 6) is 1.59. The van der Waals surface area contributed by atoms with Crippen LogP contribution in [-0.4, -0.2) is 6.54 Å². The second-order valence-corrected chi connectivity index (χ2v) is 5.03. The van der Waals surface area contributed by atoms with Crippen molar-refractivity contribution in [1.29, 1.82) is 0 Å². The molecule has 0 bridgehead atoms. The maximum Gasteiger partial charge on any atom is 0.126 e. The van der Waals surface area contributed by atoms with Crippen molar-refractivity contribution >= 4 is 0 Å². The molecule has 1 atom stereocenters. The molecule has 1 N–H and O–H groups in total. The molecular weight excluding hydrogens is 201 g/mol. The molecule has 0 radical (unpaired) electrons. The maximum absolute atomic E-state index is 13.3. The van der Waals surface area contributed by atoms with Gasteiger partial charge in [-0.15, -0.1) is 0 Å². The fraction of sp³-hybridized carbons (Fsp3) is 0.571. The largest absolute Gasteiger partial charge is 0.312 e. The Morgan fingerprint density at radius 2 is 2.19 bits per heavy atom. The van der Waals surface area contributed by atoms with E-state index in [2.05, 4.69) is 12.2 Å². The van der Waals surface area contributed by atoms with Crippen LogP contribution in [-0.2, 0) is 6.54 Å². The fourth-order valence-electron chi connectivity index (χ4n) is 2.02. The van der Waals surface area contributed by atoms with Gasteiger partial charge in [0.05, 0.1) is 0 Å². The lowest BCUT2D eigenvalue weighted by Gasteiger charge is -2.11. The van der Waals surface area contributed by atoms with Gasteiger partial charge in [-0.25, -0.2) is 4.39 Å². The topological polar surface area (TPSA) is 12.0 Å². The van der Waals surface area contributed by atoms with E-state index in [0.29, 0.717) is 0 Å². The molecular formula is C14H20FN. The van der Waals surface area contributed by atoms with Gasteiger partial charge in [0, 0.05) is 6.54 Å². The van der Waals surface area contributed by atoms with Crippen LogP contribution in [0.1, 0.15) is 30.9 Å². The van der Waals surface area contributed by atoms with Crippen molar-refractivity contribution < 1.29 is 4.39 Å². The lowest BCUT2D eigenvalue weighted by molar-refractivity contribution is 0.461.